The number of ether oxygens (including phenoxy) is 1. The van der Waals surface area contributed by atoms with Crippen LogP contribution in [0.1, 0.15) is 42.7 Å². The first kappa shape index (κ1) is 24.0. The number of carbonyl (C=O) groups is 2. The number of aliphatic hydroxyl groups is 1. The predicted octanol–water partition coefficient (Wildman–Crippen LogP) is 2.62. The number of hydrogen-bond donors (Lipinski definition) is 4. The van der Waals surface area contributed by atoms with Crippen molar-refractivity contribution in [1.82, 2.24) is 25.5 Å². The molecule has 1 aliphatic rings. The highest BCUT2D eigenvalue weighted by molar-refractivity contribution is 6.00. The van der Waals surface area contributed by atoms with Gasteiger partial charge in [-0.15, -0.1) is 10.2 Å². The number of hydrogen-bond acceptors (Lipinski definition) is 9. The molecule has 1 saturated carbocycles. The molecule has 0 aliphatic heterocycles. The monoisotopic (exact) mass is 477 g/mol. The van der Waals surface area contributed by atoms with Gasteiger partial charge in [-0.2, -0.15) is 0 Å². The van der Waals surface area contributed by atoms with E-state index in [2.05, 4.69) is 36.1 Å². The molecule has 0 saturated heterocycles. The molecule has 1 aliphatic carbocycles. The zero-order valence-corrected chi connectivity index (χ0v) is 19.9. The Morgan fingerprint density at radius 2 is 1.83 bits per heavy atom. The van der Waals surface area contributed by atoms with Crippen molar-refractivity contribution in [3.63, 3.8) is 0 Å². The standard InChI is InChI=1S/C24H27N7O4/c1-24(2,34)14-11-26-21(27-12-14)15-6-5-7-16(20(15)35-4)28-17-10-18(29-22(32)13-8-9-13)30-31-19(17)23(33)25-3/h5-7,10-13,34H,8-9H2,1-4H3,(H,25,33)(H2,28,29,30,32). The largest absolute Gasteiger partial charge is 0.494 e. The number of methoxy groups -OCH3 is 1. The van der Waals surface area contributed by atoms with Gasteiger partial charge in [-0.1, -0.05) is 6.07 Å². The van der Waals surface area contributed by atoms with Crippen LogP contribution in [0, 0.1) is 5.92 Å². The fraction of sp³-hybridized carbons (Fsp3) is 0.333. The zero-order valence-electron chi connectivity index (χ0n) is 19.9. The first-order chi connectivity index (χ1) is 16.7. The molecule has 11 heteroatoms. The fourth-order valence-corrected chi connectivity index (χ4v) is 3.37. The van der Waals surface area contributed by atoms with E-state index in [9.17, 15) is 14.7 Å². The Labute approximate surface area is 202 Å². The summed E-state index contributed by atoms with van der Waals surface area (Å²) in [5, 5.41) is 26.6. The van der Waals surface area contributed by atoms with Crippen molar-refractivity contribution in [2.75, 3.05) is 24.8 Å². The van der Waals surface area contributed by atoms with Crippen LogP contribution in [-0.2, 0) is 10.4 Å². The van der Waals surface area contributed by atoms with Crippen molar-refractivity contribution in [1.29, 1.82) is 0 Å². The van der Waals surface area contributed by atoms with Gasteiger partial charge >= 0.3 is 0 Å². The average Bonchev–Trinajstić information content (AvgIpc) is 3.69. The minimum Gasteiger partial charge on any atom is -0.494 e. The maximum absolute atomic E-state index is 12.4. The number of carbonyl (C=O) groups excluding carboxylic acids is 2. The predicted molar refractivity (Wildman–Crippen MR) is 129 cm³/mol. The van der Waals surface area contributed by atoms with E-state index < -0.39 is 11.5 Å². The molecule has 1 fully saturated rings. The van der Waals surface area contributed by atoms with Gasteiger partial charge in [0.25, 0.3) is 5.91 Å². The molecule has 3 aromatic rings. The van der Waals surface area contributed by atoms with Crippen LogP contribution in [0.5, 0.6) is 5.75 Å². The molecule has 182 valence electrons. The second-order valence-corrected chi connectivity index (χ2v) is 8.70. The molecular weight excluding hydrogens is 450 g/mol. The molecule has 0 bridgehead atoms. The van der Waals surface area contributed by atoms with Crippen LogP contribution < -0.4 is 20.7 Å². The first-order valence-electron chi connectivity index (χ1n) is 11.1. The quantitative estimate of drug-likeness (QED) is 0.384. The second kappa shape index (κ2) is 9.63. The van der Waals surface area contributed by atoms with Gasteiger partial charge in [0.15, 0.2) is 23.1 Å². The summed E-state index contributed by atoms with van der Waals surface area (Å²) in [7, 11) is 3.01. The van der Waals surface area contributed by atoms with Crippen LogP contribution in [0.25, 0.3) is 11.4 Å². The fourth-order valence-electron chi connectivity index (χ4n) is 3.37. The van der Waals surface area contributed by atoms with Gasteiger partial charge in [0, 0.05) is 37.0 Å². The van der Waals surface area contributed by atoms with Crippen LogP contribution in [0.3, 0.4) is 0 Å². The van der Waals surface area contributed by atoms with Gasteiger partial charge in [-0.25, -0.2) is 9.97 Å². The highest BCUT2D eigenvalue weighted by Crippen LogP contribution is 2.37. The lowest BCUT2D eigenvalue weighted by Crippen LogP contribution is -2.22. The average molecular weight is 478 g/mol. The van der Waals surface area contributed by atoms with Crippen molar-refractivity contribution in [2.45, 2.75) is 32.3 Å². The topological polar surface area (TPSA) is 151 Å². The van der Waals surface area contributed by atoms with Gasteiger partial charge in [0.2, 0.25) is 5.91 Å². The van der Waals surface area contributed by atoms with Crippen LogP contribution in [0.15, 0.2) is 36.7 Å². The van der Waals surface area contributed by atoms with E-state index in [4.69, 9.17) is 4.74 Å². The summed E-state index contributed by atoms with van der Waals surface area (Å²) in [5.41, 5.74) is 1.02. The highest BCUT2D eigenvalue weighted by Gasteiger charge is 2.30. The Kier molecular flexibility index (Phi) is 6.61. The molecule has 4 rings (SSSR count). The number of benzene rings is 1. The van der Waals surface area contributed by atoms with E-state index in [-0.39, 0.29) is 23.3 Å². The first-order valence-corrected chi connectivity index (χ1v) is 11.1. The molecular formula is C24H27N7O4. The molecule has 0 spiro atoms. The third-order valence-corrected chi connectivity index (χ3v) is 5.52. The maximum Gasteiger partial charge on any atom is 0.273 e. The Morgan fingerprint density at radius 1 is 1.11 bits per heavy atom. The molecule has 0 radical (unpaired) electrons. The number of nitrogens with zero attached hydrogens (tertiary/aromatic N) is 4. The minimum atomic E-state index is -1.07. The SMILES string of the molecule is CNC(=O)c1nnc(NC(=O)C2CC2)cc1Nc1cccc(-c2ncc(C(C)(C)O)cn2)c1OC. The van der Waals surface area contributed by atoms with Gasteiger partial charge < -0.3 is 25.8 Å². The molecule has 4 N–H and O–H groups in total. The van der Waals surface area contributed by atoms with E-state index in [1.54, 1.807) is 50.5 Å². The molecule has 0 atom stereocenters. The van der Waals surface area contributed by atoms with Crippen molar-refractivity contribution >= 4 is 29.0 Å². The van der Waals surface area contributed by atoms with Crippen molar-refractivity contribution in [3.8, 4) is 17.1 Å². The lowest BCUT2D eigenvalue weighted by Gasteiger charge is -2.18. The molecule has 1 aromatic carbocycles. The third-order valence-electron chi connectivity index (χ3n) is 5.52. The van der Waals surface area contributed by atoms with Crippen molar-refractivity contribution < 1.29 is 19.4 Å². The summed E-state index contributed by atoms with van der Waals surface area (Å²) in [4.78, 5) is 33.4. The second-order valence-electron chi connectivity index (χ2n) is 8.70. The van der Waals surface area contributed by atoms with Crippen LogP contribution in [0.4, 0.5) is 17.2 Å². The van der Waals surface area contributed by atoms with Crippen LogP contribution in [-0.4, -0.2) is 51.2 Å². The van der Waals surface area contributed by atoms with Gasteiger partial charge in [-0.05, 0) is 38.8 Å². The van der Waals surface area contributed by atoms with Crippen molar-refractivity contribution in [3.05, 3.63) is 47.9 Å². The summed E-state index contributed by atoms with van der Waals surface area (Å²) >= 11 is 0. The maximum atomic E-state index is 12.4. The summed E-state index contributed by atoms with van der Waals surface area (Å²) in [6.45, 7) is 3.31. The van der Waals surface area contributed by atoms with E-state index in [0.717, 1.165) is 12.8 Å². The molecule has 2 heterocycles. The Bertz CT molecular complexity index is 1250. The Hall–Kier alpha value is -4.12. The smallest absolute Gasteiger partial charge is 0.273 e. The van der Waals surface area contributed by atoms with Crippen LogP contribution in [0.2, 0.25) is 0 Å². The Morgan fingerprint density at radius 3 is 2.43 bits per heavy atom. The minimum absolute atomic E-state index is 0.00796. The number of amides is 2. The van der Waals surface area contributed by atoms with E-state index in [1.165, 1.54) is 14.2 Å². The summed E-state index contributed by atoms with van der Waals surface area (Å²) < 4.78 is 5.66. The number of anilines is 3. The number of rotatable bonds is 8. The van der Waals surface area contributed by atoms with E-state index in [1.807, 2.05) is 0 Å². The molecule has 2 aromatic heterocycles. The van der Waals surface area contributed by atoms with Crippen molar-refractivity contribution in [2.24, 2.45) is 5.92 Å². The third kappa shape index (κ3) is 5.35. The van der Waals surface area contributed by atoms with Crippen LogP contribution >= 0.6 is 0 Å². The van der Waals surface area contributed by atoms with E-state index in [0.29, 0.717) is 34.1 Å². The lowest BCUT2D eigenvalue weighted by atomic mass is 10.0. The highest BCUT2D eigenvalue weighted by atomic mass is 16.5. The molecule has 0 unspecified atom stereocenters. The Balaban J connectivity index is 1.70. The summed E-state index contributed by atoms with van der Waals surface area (Å²) in [5.74, 6) is 0.496. The molecule has 11 nitrogen and oxygen atoms in total. The molecule has 35 heavy (non-hydrogen) atoms. The van der Waals surface area contributed by atoms with Gasteiger partial charge in [0.1, 0.15) is 0 Å². The number of nitrogens with one attached hydrogen (secondary N) is 3. The summed E-state index contributed by atoms with van der Waals surface area (Å²) in [6.07, 6.45) is 4.83. The number of aromatic nitrogens is 4. The zero-order chi connectivity index (χ0) is 25.2. The summed E-state index contributed by atoms with van der Waals surface area (Å²) in [6, 6.07) is 6.91. The molecule has 2 amide bonds. The van der Waals surface area contributed by atoms with Gasteiger partial charge in [-0.3, -0.25) is 9.59 Å². The van der Waals surface area contributed by atoms with E-state index >= 15 is 0 Å². The normalized spacial score (nSPS) is 13.2. The van der Waals surface area contributed by atoms with Gasteiger partial charge in [0.05, 0.1) is 29.6 Å². The number of para-hydroxylation sites is 1. The lowest BCUT2D eigenvalue weighted by molar-refractivity contribution is -0.117.